The number of carbonyl (C=O) groups excluding carboxylic acids is 2. The number of amides is 1. The predicted octanol–water partition coefficient (Wildman–Crippen LogP) is 2.56. The molecule has 1 fully saturated rings. The smallest absolute Gasteiger partial charge is 0.375 e. The molecule has 0 radical (unpaired) electrons. The first-order valence-electron chi connectivity index (χ1n) is 8.14. The molecule has 1 amide bonds. The first kappa shape index (κ1) is 19.4. The number of furan rings is 1. The lowest BCUT2D eigenvalue weighted by molar-refractivity contribution is -0.123. The second kappa shape index (κ2) is 7.71. The number of sulfonamides is 1. The highest BCUT2D eigenvalue weighted by Gasteiger charge is 2.31. The molecule has 0 aliphatic heterocycles. The van der Waals surface area contributed by atoms with E-state index in [-0.39, 0.29) is 16.9 Å². The monoisotopic (exact) mass is 412 g/mol. The van der Waals surface area contributed by atoms with Gasteiger partial charge in [0, 0.05) is 16.8 Å². The van der Waals surface area contributed by atoms with Crippen molar-refractivity contribution < 1.29 is 27.2 Å². The van der Waals surface area contributed by atoms with E-state index < -0.39 is 28.0 Å². The van der Waals surface area contributed by atoms with E-state index in [1.807, 2.05) is 0 Å². The fourth-order valence-corrected chi connectivity index (χ4v) is 3.47. The lowest BCUT2D eigenvalue weighted by atomic mass is 10.3. The molecule has 0 spiro atoms. The van der Waals surface area contributed by atoms with Crippen molar-refractivity contribution in [1.29, 1.82) is 0 Å². The number of rotatable bonds is 7. The third-order valence-electron chi connectivity index (χ3n) is 3.71. The van der Waals surface area contributed by atoms with E-state index in [2.05, 4.69) is 10.0 Å². The van der Waals surface area contributed by atoms with E-state index in [9.17, 15) is 18.0 Å². The van der Waals surface area contributed by atoms with Crippen molar-refractivity contribution in [3.8, 4) is 0 Å². The number of anilines is 1. The van der Waals surface area contributed by atoms with Crippen molar-refractivity contribution in [1.82, 2.24) is 4.72 Å². The van der Waals surface area contributed by atoms with Gasteiger partial charge < -0.3 is 14.5 Å². The van der Waals surface area contributed by atoms with Crippen LogP contribution >= 0.6 is 11.6 Å². The summed E-state index contributed by atoms with van der Waals surface area (Å²) >= 11 is 5.77. The molecule has 8 nitrogen and oxygen atoms in total. The Morgan fingerprint density at radius 1 is 1.19 bits per heavy atom. The largest absolute Gasteiger partial charge is 0.447 e. The van der Waals surface area contributed by atoms with E-state index in [1.165, 1.54) is 19.1 Å². The Morgan fingerprint density at radius 3 is 2.48 bits per heavy atom. The van der Waals surface area contributed by atoms with Crippen LogP contribution in [0.2, 0.25) is 5.02 Å². The molecular weight excluding hydrogens is 396 g/mol. The molecule has 1 atom stereocenters. The Labute approximate surface area is 160 Å². The molecule has 1 aliphatic carbocycles. The van der Waals surface area contributed by atoms with Gasteiger partial charge >= 0.3 is 5.97 Å². The Balaban J connectivity index is 1.59. The number of esters is 1. The van der Waals surface area contributed by atoms with Crippen LogP contribution in [-0.4, -0.2) is 32.4 Å². The van der Waals surface area contributed by atoms with Gasteiger partial charge in [-0.3, -0.25) is 4.79 Å². The van der Waals surface area contributed by atoms with Crippen LogP contribution in [0.3, 0.4) is 0 Å². The fraction of sp³-hybridized carbons (Fsp3) is 0.294. The summed E-state index contributed by atoms with van der Waals surface area (Å²) < 4.78 is 36.6. The highest BCUT2D eigenvalue weighted by atomic mass is 35.5. The zero-order chi connectivity index (χ0) is 19.6. The predicted molar refractivity (Wildman–Crippen MR) is 97.0 cm³/mol. The van der Waals surface area contributed by atoms with E-state index >= 15 is 0 Å². The number of halogens is 1. The van der Waals surface area contributed by atoms with Gasteiger partial charge in [0.25, 0.3) is 15.9 Å². The molecule has 3 rings (SSSR count). The Morgan fingerprint density at radius 2 is 1.85 bits per heavy atom. The van der Waals surface area contributed by atoms with Crippen LogP contribution in [0.4, 0.5) is 5.69 Å². The van der Waals surface area contributed by atoms with Crippen molar-refractivity contribution in [3.05, 3.63) is 47.2 Å². The second-order valence-corrected chi connectivity index (χ2v) is 8.14. The van der Waals surface area contributed by atoms with Gasteiger partial charge in [-0.15, -0.1) is 0 Å². The lowest BCUT2D eigenvalue weighted by Gasteiger charge is -2.12. The number of hydrogen-bond donors (Lipinski definition) is 2. The molecule has 1 aromatic carbocycles. The Kier molecular flexibility index (Phi) is 5.54. The molecule has 1 heterocycles. The summed E-state index contributed by atoms with van der Waals surface area (Å²) in [5.41, 5.74) is 0.491. The highest BCUT2D eigenvalue weighted by molar-refractivity contribution is 7.89. The van der Waals surface area contributed by atoms with Gasteiger partial charge in [0.15, 0.2) is 6.10 Å². The van der Waals surface area contributed by atoms with Crippen molar-refractivity contribution in [2.75, 3.05) is 5.32 Å². The number of benzene rings is 1. The van der Waals surface area contributed by atoms with Crippen molar-refractivity contribution >= 4 is 39.2 Å². The molecule has 1 aromatic heterocycles. The second-order valence-electron chi connectivity index (χ2n) is 6.06. The molecule has 144 valence electrons. The summed E-state index contributed by atoms with van der Waals surface area (Å²) in [6.07, 6.45) is 0.424. The minimum absolute atomic E-state index is 0.0907. The van der Waals surface area contributed by atoms with Crippen molar-refractivity contribution in [2.45, 2.75) is 37.0 Å². The molecule has 1 saturated carbocycles. The standard InChI is InChI=1S/C17H17ClN2O6S/c1-10(16(21)19-12-4-2-11(18)3-5-12)25-17(22)14-8-9-15(26-14)27(23,24)20-13-6-7-13/h2-5,8-10,13,20H,6-7H2,1H3,(H,19,21). The number of nitrogens with one attached hydrogen (secondary N) is 2. The van der Waals surface area contributed by atoms with Crippen LogP contribution in [0.15, 0.2) is 45.9 Å². The molecule has 0 bridgehead atoms. The normalized spacial score (nSPS) is 15.2. The van der Waals surface area contributed by atoms with Crippen molar-refractivity contribution in [3.63, 3.8) is 0 Å². The average Bonchev–Trinajstić information content (AvgIpc) is 3.25. The first-order valence-corrected chi connectivity index (χ1v) is 10.0. The van der Waals surface area contributed by atoms with E-state index in [0.717, 1.165) is 12.8 Å². The Bertz CT molecular complexity index is 950. The molecular formula is C17H17ClN2O6S. The molecule has 1 unspecified atom stereocenters. The maximum atomic E-state index is 12.1. The summed E-state index contributed by atoms with van der Waals surface area (Å²) in [7, 11) is -3.81. The van der Waals surface area contributed by atoms with Gasteiger partial charge in [-0.05, 0) is 56.2 Å². The van der Waals surface area contributed by atoms with Crippen LogP contribution in [-0.2, 0) is 19.6 Å². The summed E-state index contributed by atoms with van der Waals surface area (Å²) in [5.74, 6) is -1.81. The minimum atomic E-state index is -3.81. The van der Waals surface area contributed by atoms with E-state index in [4.69, 9.17) is 20.8 Å². The summed E-state index contributed by atoms with van der Waals surface area (Å²) in [4.78, 5) is 24.2. The molecule has 0 saturated heterocycles. The SMILES string of the molecule is CC(OC(=O)c1ccc(S(=O)(=O)NC2CC2)o1)C(=O)Nc1ccc(Cl)cc1. The third kappa shape index (κ3) is 5.09. The maximum absolute atomic E-state index is 12.1. The minimum Gasteiger partial charge on any atom is -0.447 e. The van der Waals surface area contributed by atoms with Crippen LogP contribution in [0.1, 0.15) is 30.3 Å². The van der Waals surface area contributed by atoms with E-state index in [1.54, 1.807) is 24.3 Å². The van der Waals surface area contributed by atoms with Gasteiger partial charge in [-0.2, -0.15) is 0 Å². The van der Waals surface area contributed by atoms with Crippen LogP contribution in [0.25, 0.3) is 0 Å². The van der Waals surface area contributed by atoms with E-state index in [0.29, 0.717) is 10.7 Å². The fourth-order valence-electron chi connectivity index (χ4n) is 2.10. The zero-order valence-corrected chi connectivity index (χ0v) is 15.8. The first-order chi connectivity index (χ1) is 12.7. The highest BCUT2D eigenvalue weighted by Crippen LogP contribution is 2.23. The number of ether oxygens (including phenoxy) is 1. The molecule has 2 aromatic rings. The van der Waals surface area contributed by atoms with Crippen molar-refractivity contribution in [2.24, 2.45) is 0 Å². The van der Waals surface area contributed by atoms with Gasteiger partial charge in [0.05, 0.1) is 0 Å². The molecule has 10 heteroatoms. The van der Waals surface area contributed by atoms with Crippen LogP contribution < -0.4 is 10.0 Å². The van der Waals surface area contributed by atoms with Gasteiger partial charge in [-0.1, -0.05) is 11.6 Å². The number of hydrogen-bond acceptors (Lipinski definition) is 6. The van der Waals surface area contributed by atoms with Gasteiger partial charge in [0.1, 0.15) is 0 Å². The third-order valence-corrected chi connectivity index (χ3v) is 5.36. The summed E-state index contributed by atoms with van der Waals surface area (Å²) in [5, 5.41) is 2.72. The lowest BCUT2D eigenvalue weighted by Crippen LogP contribution is -2.29. The summed E-state index contributed by atoms with van der Waals surface area (Å²) in [6.45, 7) is 1.39. The quantitative estimate of drug-likeness (QED) is 0.675. The maximum Gasteiger partial charge on any atom is 0.375 e. The van der Waals surface area contributed by atoms with Crippen LogP contribution in [0.5, 0.6) is 0 Å². The molecule has 1 aliphatic rings. The number of carbonyl (C=O) groups is 2. The topological polar surface area (TPSA) is 115 Å². The summed E-state index contributed by atoms with van der Waals surface area (Å²) in [6, 6.07) is 8.68. The van der Waals surface area contributed by atoms with Gasteiger partial charge in [0.2, 0.25) is 10.9 Å². The van der Waals surface area contributed by atoms with Crippen LogP contribution in [0, 0.1) is 0 Å². The average molecular weight is 413 g/mol. The zero-order valence-electron chi connectivity index (χ0n) is 14.3. The van der Waals surface area contributed by atoms with Gasteiger partial charge in [-0.25, -0.2) is 17.9 Å². The Hall–Kier alpha value is -2.36. The molecule has 27 heavy (non-hydrogen) atoms. The molecule has 2 N–H and O–H groups in total.